The van der Waals surface area contributed by atoms with E-state index in [9.17, 15) is 9.59 Å². The van der Waals surface area contributed by atoms with Gasteiger partial charge in [0.05, 0.1) is 6.54 Å². The number of halogens is 1. The van der Waals surface area contributed by atoms with E-state index < -0.39 is 0 Å². The minimum atomic E-state index is -0.0741. The summed E-state index contributed by atoms with van der Waals surface area (Å²) in [6.45, 7) is 5.85. The van der Waals surface area contributed by atoms with Crippen molar-refractivity contribution in [2.75, 3.05) is 32.7 Å². The van der Waals surface area contributed by atoms with E-state index >= 15 is 0 Å². The van der Waals surface area contributed by atoms with Gasteiger partial charge in [0.15, 0.2) is 0 Å². The number of nitrogens with one attached hydrogen (secondary N) is 1. The van der Waals surface area contributed by atoms with Crippen LogP contribution in [0.2, 0.25) is 0 Å². The molecule has 0 aromatic carbocycles. The van der Waals surface area contributed by atoms with E-state index in [1.165, 1.54) is 6.42 Å². The fourth-order valence-electron chi connectivity index (χ4n) is 4.06. The molecule has 22 heavy (non-hydrogen) atoms. The van der Waals surface area contributed by atoms with Crippen LogP contribution in [0.1, 0.15) is 45.4 Å². The predicted octanol–water partition coefficient (Wildman–Crippen LogP) is 1.41. The SMILES string of the molecule is CCC1(C(=O)N2CCCC(N3CCNCC3=O)C2)CCC1.Cl. The lowest BCUT2D eigenvalue weighted by Gasteiger charge is -2.47. The van der Waals surface area contributed by atoms with Crippen LogP contribution in [0.15, 0.2) is 0 Å². The molecule has 0 aromatic rings. The minimum Gasteiger partial charge on any atom is -0.340 e. The fraction of sp³-hybridized carbons (Fsp3) is 0.875. The van der Waals surface area contributed by atoms with E-state index in [2.05, 4.69) is 12.2 Å². The van der Waals surface area contributed by atoms with Crippen LogP contribution in [0.3, 0.4) is 0 Å². The monoisotopic (exact) mass is 329 g/mol. The molecule has 1 atom stereocenters. The Labute approximate surface area is 139 Å². The molecule has 2 heterocycles. The highest BCUT2D eigenvalue weighted by molar-refractivity contribution is 5.85. The first-order valence-corrected chi connectivity index (χ1v) is 8.46. The van der Waals surface area contributed by atoms with Crippen LogP contribution in [-0.2, 0) is 9.59 Å². The number of likely N-dealkylation sites (tertiary alicyclic amines) is 1. The lowest BCUT2D eigenvalue weighted by Crippen LogP contribution is -2.59. The van der Waals surface area contributed by atoms with Crippen LogP contribution in [0.4, 0.5) is 0 Å². The summed E-state index contributed by atoms with van der Waals surface area (Å²) in [6.07, 6.45) is 6.31. The highest BCUT2D eigenvalue weighted by Gasteiger charge is 2.45. The Kier molecular flexibility index (Phi) is 5.72. The minimum absolute atomic E-state index is 0. The Balaban J connectivity index is 0.00000176. The lowest BCUT2D eigenvalue weighted by atomic mass is 9.66. The highest BCUT2D eigenvalue weighted by Crippen LogP contribution is 2.45. The zero-order valence-corrected chi connectivity index (χ0v) is 14.3. The zero-order valence-electron chi connectivity index (χ0n) is 13.5. The third-order valence-electron chi connectivity index (χ3n) is 5.69. The first-order valence-electron chi connectivity index (χ1n) is 8.46. The van der Waals surface area contributed by atoms with E-state index in [1.54, 1.807) is 0 Å². The van der Waals surface area contributed by atoms with Gasteiger partial charge in [0.25, 0.3) is 0 Å². The van der Waals surface area contributed by atoms with Crippen LogP contribution >= 0.6 is 12.4 Å². The number of nitrogens with zero attached hydrogens (tertiary/aromatic N) is 2. The normalized spacial score (nSPS) is 27.9. The maximum atomic E-state index is 12.9. The van der Waals surface area contributed by atoms with E-state index in [0.29, 0.717) is 12.5 Å². The van der Waals surface area contributed by atoms with Gasteiger partial charge in [-0.05, 0) is 32.1 Å². The summed E-state index contributed by atoms with van der Waals surface area (Å²) in [6, 6.07) is 0.228. The van der Waals surface area contributed by atoms with Crippen molar-refractivity contribution >= 4 is 24.2 Å². The first kappa shape index (κ1) is 17.5. The standard InChI is InChI=1S/C16H27N3O2.ClH/c1-2-16(6-4-7-16)15(21)18-9-3-5-13(12-18)19-10-8-17-11-14(19)20;/h13,17H,2-12H2,1H3;1H. The molecule has 0 spiro atoms. The predicted molar refractivity (Wildman–Crippen MR) is 88.0 cm³/mol. The molecule has 2 amide bonds. The average molecular weight is 330 g/mol. The molecule has 0 bridgehead atoms. The zero-order chi connectivity index (χ0) is 14.9. The number of hydrogen-bond donors (Lipinski definition) is 1. The molecule has 0 radical (unpaired) electrons. The molecule has 5 nitrogen and oxygen atoms in total. The summed E-state index contributed by atoms with van der Waals surface area (Å²) in [5.74, 6) is 0.540. The molecule has 2 saturated heterocycles. The second-order valence-electron chi connectivity index (χ2n) is 6.80. The largest absolute Gasteiger partial charge is 0.340 e. The number of piperidine rings is 1. The number of piperazine rings is 1. The molecule has 6 heteroatoms. The van der Waals surface area contributed by atoms with Gasteiger partial charge in [-0.3, -0.25) is 9.59 Å². The number of carbonyl (C=O) groups excluding carboxylic acids is 2. The smallest absolute Gasteiger partial charge is 0.236 e. The van der Waals surface area contributed by atoms with Crippen molar-refractivity contribution in [1.82, 2.24) is 15.1 Å². The van der Waals surface area contributed by atoms with Crippen LogP contribution < -0.4 is 5.32 Å². The molecular formula is C16H28ClN3O2. The molecule has 3 rings (SSSR count). The number of carbonyl (C=O) groups is 2. The van der Waals surface area contributed by atoms with Crippen LogP contribution in [0.25, 0.3) is 0 Å². The van der Waals surface area contributed by atoms with Gasteiger partial charge in [0.2, 0.25) is 11.8 Å². The summed E-state index contributed by atoms with van der Waals surface area (Å²) >= 11 is 0. The van der Waals surface area contributed by atoms with Crippen LogP contribution in [-0.4, -0.2) is 60.4 Å². The van der Waals surface area contributed by atoms with E-state index in [1.807, 2.05) is 9.80 Å². The molecule has 126 valence electrons. The van der Waals surface area contributed by atoms with Gasteiger partial charge in [0, 0.05) is 37.6 Å². The van der Waals surface area contributed by atoms with Gasteiger partial charge in [0.1, 0.15) is 0 Å². The van der Waals surface area contributed by atoms with E-state index in [4.69, 9.17) is 0 Å². The molecule has 1 N–H and O–H groups in total. The van der Waals surface area contributed by atoms with Crippen molar-refractivity contribution < 1.29 is 9.59 Å². The topological polar surface area (TPSA) is 52.7 Å². The Morgan fingerprint density at radius 1 is 1.32 bits per heavy atom. The maximum absolute atomic E-state index is 12.9. The Hall–Kier alpha value is -0.810. The van der Waals surface area contributed by atoms with E-state index in [-0.39, 0.29) is 29.8 Å². The molecule has 0 aromatic heterocycles. The van der Waals surface area contributed by atoms with Gasteiger partial charge < -0.3 is 15.1 Å². The van der Waals surface area contributed by atoms with Gasteiger partial charge in [-0.15, -0.1) is 12.4 Å². The summed E-state index contributed by atoms with van der Waals surface area (Å²) < 4.78 is 0. The van der Waals surface area contributed by atoms with Crippen molar-refractivity contribution in [2.24, 2.45) is 5.41 Å². The summed E-state index contributed by atoms with van der Waals surface area (Å²) in [5.41, 5.74) is -0.0741. The number of amides is 2. The van der Waals surface area contributed by atoms with Gasteiger partial charge in [-0.25, -0.2) is 0 Å². The molecule has 1 saturated carbocycles. The third kappa shape index (κ3) is 3.11. The van der Waals surface area contributed by atoms with Gasteiger partial charge >= 0.3 is 0 Å². The second kappa shape index (κ2) is 7.18. The Morgan fingerprint density at radius 2 is 2.09 bits per heavy atom. The van der Waals surface area contributed by atoms with Crippen molar-refractivity contribution in [3.63, 3.8) is 0 Å². The van der Waals surface area contributed by atoms with Crippen molar-refractivity contribution in [3.8, 4) is 0 Å². The quantitative estimate of drug-likeness (QED) is 0.852. The molecule has 3 aliphatic rings. The van der Waals surface area contributed by atoms with Crippen LogP contribution in [0, 0.1) is 5.41 Å². The van der Waals surface area contributed by atoms with Gasteiger partial charge in [-0.2, -0.15) is 0 Å². The van der Waals surface area contributed by atoms with Crippen molar-refractivity contribution in [3.05, 3.63) is 0 Å². The molecule has 1 aliphatic carbocycles. The summed E-state index contributed by atoms with van der Waals surface area (Å²) in [5, 5.41) is 3.12. The number of hydrogen-bond acceptors (Lipinski definition) is 3. The first-order chi connectivity index (χ1) is 10.2. The summed E-state index contributed by atoms with van der Waals surface area (Å²) in [4.78, 5) is 28.9. The lowest BCUT2D eigenvalue weighted by molar-refractivity contribution is -0.152. The maximum Gasteiger partial charge on any atom is 0.236 e. The third-order valence-corrected chi connectivity index (χ3v) is 5.69. The highest BCUT2D eigenvalue weighted by atomic mass is 35.5. The fourth-order valence-corrected chi connectivity index (χ4v) is 4.06. The second-order valence-corrected chi connectivity index (χ2v) is 6.80. The van der Waals surface area contributed by atoms with Crippen LogP contribution in [0.5, 0.6) is 0 Å². The van der Waals surface area contributed by atoms with Gasteiger partial charge in [-0.1, -0.05) is 13.3 Å². The molecular weight excluding hydrogens is 302 g/mol. The Morgan fingerprint density at radius 3 is 2.68 bits per heavy atom. The molecule has 2 aliphatic heterocycles. The molecule has 1 unspecified atom stereocenters. The van der Waals surface area contributed by atoms with Crippen molar-refractivity contribution in [2.45, 2.75) is 51.5 Å². The van der Waals surface area contributed by atoms with Crippen molar-refractivity contribution in [1.29, 1.82) is 0 Å². The average Bonchev–Trinajstić information content (AvgIpc) is 2.47. The molecule has 3 fully saturated rings. The Bertz CT molecular complexity index is 420. The number of rotatable bonds is 3. The summed E-state index contributed by atoms with van der Waals surface area (Å²) in [7, 11) is 0. The van der Waals surface area contributed by atoms with E-state index in [0.717, 1.165) is 58.3 Å².